The first-order valence-electron chi connectivity index (χ1n) is 21.4. The van der Waals surface area contributed by atoms with E-state index in [1.54, 1.807) is 18.9 Å². The maximum atomic E-state index is 14.1. The van der Waals surface area contributed by atoms with Crippen LogP contribution < -0.4 is 9.47 Å². The standard InChI is InChI=1S/C49H58N4O8/c1-6-58-47(55)46-39(18-11-28-59-43-19-9-14-35-13-7-8-15-37(35)43)38-16-10-17-40(45(38)53(46)27-12-26-52(5)48(56)61-49(2,3)4)44-41(31-54)50-51-42(44)32-60-36-22-20-33(21-23-36)34-24-29-57-30-25-34/h7-10,13-17,19-23,34,54H,6,11-12,18,24-32H2,1-5H3,(H,50,51). The first kappa shape index (κ1) is 43.2. The number of hydrogen-bond acceptors (Lipinski definition) is 9. The van der Waals surface area contributed by atoms with Gasteiger partial charge < -0.3 is 38.3 Å². The number of carbonyl (C=O) groups excluding carboxylic acids is 2. The normalized spacial score (nSPS) is 13.4. The second kappa shape index (κ2) is 19.7. The number of fused-ring (bicyclic) bond motifs is 2. The molecule has 12 nitrogen and oxygen atoms in total. The van der Waals surface area contributed by atoms with Crippen LogP contribution in [0.1, 0.15) is 92.3 Å². The molecule has 0 saturated carbocycles. The largest absolute Gasteiger partial charge is 0.493 e. The predicted molar refractivity (Wildman–Crippen MR) is 236 cm³/mol. The third kappa shape index (κ3) is 10.2. The fourth-order valence-corrected chi connectivity index (χ4v) is 8.22. The molecule has 0 bridgehead atoms. The Labute approximate surface area is 357 Å². The van der Waals surface area contributed by atoms with Crippen LogP contribution in [0.4, 0.5) is 4.79 Å². The fourth-order valence-electron chi connectivity index (χ4n) is 8.22. The van der Waals surface area contributed by atoms with Crippen LogP contribution in [0.5, 0.6) is 11.5 Å². The van der Waals surface area contributed by atoms with Crippen molar-refractivity contribution in [1.82, 2.24) is 19.7 Å². The lowest BCUT2D eigenvalue weighted by atomic mass is 9.92. The van der Waals surface area contributed by atoms with Gasteiger partial charge in [0.05, 0.1) is 36.7 Å². The highest BCUT2D eigenvalue weighted by Crippen LogP contribution is 2.39. The third-order valence-corrected chi connectivity index (χ3v) is 11.1. The molecule has 4 aromatic carbocycles. The number of aryl methyl sites for hydroxylation is 2. The summed E-state index contributed by atoms with van der Waals surface area (Å²) in [4.78, 5) is 28.6. The zero-order valence-corrected chi connectivity index (χ0v) is 36.0. The van der Waals surface area contributed by atoms with Crippen molar-refractivity contribution in [2.45, 2.75) is 91.1 Å². The van der Waals surface area contributed by atoms with Gasteiger partial charge in [-0.3, -0.25) is 5.10 Å². The summed E-state index contributed by atoms with van der Waals surface area (Å²) in [5.74, 6) is 1.57. The van der Waals surface area contributed by atoms with E-state index in [0.29, 0.717) is 67.5 Å². The Kier molecular flexibility index (Phi) is 14.0. The highest BCUT2D eigenvalue weighted by atomic mass is 16.6. The number of benzene rings is 4. The Bertz CT molecular complexity index is 2420. The number of amides is 1. The second-order valence-electron chi connectivity index (χ2n) is 16.5. The van der Waals surface area contributed by atoms with E-state index < -0.39 is 17.7 Å². The Balaban J connectivity index is 1.23. The number of nitrogens with one attached hydrogen (secondary N) is 1. The number of carbonyl (C=O) groups is 2. The molecular weight excluding hydrogens is 773 g/mol. The van der Waals surface area contributed by atoms with Gasteiger partial charge in [-0.2, -0.15) is 5.10 Å². The van der Waals surface area contributed by atoms with Crippen molar-refractivity contribution in [3.63, 3.8) is 0 Å². The van der Waals surface area contributed by atoms with E-state index in [1.165, 1.54) is 5.56 Å². The van der Waals surface area contributed by atoms with Crippen LogP contribution >= 0.6 is 0 Å². The highest BCUT2D eigenvalue weighted by molar-refractivity contribution is 6.05. The van der Waals surface area contributed by atoms with Gasteiger partial charge in [-0.1, -0.05) is 66.7 Å². The summed E-state index contributed by atoms with van der Waals surface area (Å²) in [5, 5.41) is 21.4. The van der Waals surface area contributed by atoms with E-state index in [0.717, 1.165) is 70.4 Å². The number of ether oxygens (including phenoxy) is 5. The predicted octanol–water partition coefficient (Wildman–Crippen LogP) is 9.60. The zero-order chi connectivity index (χ0) is 42.9. The molecule has 0 unspecified atom stereocenters. The second-order valence-corrected chi connectivity index (χ2v) is 16.5. The molecule has 1 saturated heterocycles. The number of aliphatic hydroxyl groups is 1. The molecule has 0 radical (unpaired) electrons. The van der Waals surface area contributed by atoms with Gasteiger partial charge in [0.2, 0.25) is 0 Å². The number of aliphatic hydroxyl groups excluding tert-OH is 1. The number of para-hydroxylation sites is 1. The first-order chi connectivity index (χ1) is 29.6. The lowest BCUT2D eigenvalue weighted by Crippen LogP contribution is -2.35. The van der Waals surface area contributed by atoms with Gasteiger partial charge in [0.1, 0.15) is 29.4 Å². The lowest BCUT2D eigenvalue weighted by Gasteiger charge is -2.24. The average molecular weight is 831 g/mol. The van der Waals surface area contributed by atoms with Gasteiger partial charge in [0, 0.05) is 55.3 Å². The molecule has 3 heterocycles. The smallest absolute Gasteiger partial charge is 0.410 e. The van der Waals surface area contributed by atoms with Crippen LogP contribution in [0.15, 0.2) is 84.9 Å². The maximum absolute atomic E-state index is 14.1. The minimum absolute atomic E-state index is 0.166. The van der Waals surface area contributed by atoms with E-state index in [9.17, 15) is 14.7 Å². The number of rotatable bonds is 17. The lowest BCUT2D eigenvalue weighted by molar-refractivity contribution is 0.0294. The van der Waals surface area contributed by atoms with Gasteiger partial charge in [-0.15, -0.1) is 0 Å². The Hall–Kier alpha value is -5.85. The molecule has 6 aromatic rings. The molecule has 1 fully saturated rings. The number of aromatic nitrogens is 3. The average Bonchev–Trinajstić information content (AvgIpc) is 3.82. The van der Waals surface area contributed by atoms with Crippen molar-refractivity contribution >= 4 is 33.7 Å². The van der Waals surface area contributed by atoms with Crippen LogP contribution in [0, 0.1) is 0 Å². The van der Waals surface area contributed by atoms with E-state index >= 15 is 0 Å². The number of nitrogens with zero attached hydrogens (tertiary/aromatic N) is 3. The minimum atomic E-state index is -0.634. The summed E-state index contributed by atoms with van der Waals surface area (Å²) >= 11 is 0. The Morgan fingerprint density at radius 2 is 1.67 bits per heavy atom. The summed E-state index contributed by atoms with van der Waals surface area (Å²) in [6, 6.07) is 28.4. The van der Waals surface area contributed by atoms with E-state index in [4.69, 9.17) is 23.7 Å². The van der Waals surface area contributed by atoms with Gasteiger partial charge in [0.25, 0.3) is 0 Å². The monoisotopic (exact) mass is 830 g/mol. The van der Waals surface area contributed by atoms with Crippen molar-refractivity contribution in [2.24, 2.45) is 0 Å². The topological polar surface area (TPSA) is 137 Å². The minimum Gasteiger partial charge on any atom is -0.493 e. The molecule has 2 N–H and O–H groups in total. The van der Waals surface area contributed by atoms with Crippen LogP contribution in [-0.4, -0.2) is 82.5 Å². The van der Waals surface area contributed by atoms with Crippen LogP contribution in [-0.2, 0) is 40.4 Å². The Morgan fingerprint density at radius 1 is 0.934 bits per heavy atom. The number of H-pyrrole nitrogens is 1. The summed E-state index contributed by atoms with van der Waals surface area (Å²) < 4.78 is 31.7. The summed E-state index contributed by atoms with van der Waals surface area (Å²) in [7, 11) is 1.71. The molecule has 322 valence electrons. The van der Waals surface area contributed by atoms with Crippen LogP contribution in [0.25, 0.3) is 32.8 Å². The fraction of sp³-hybridized carbons (Fsp3) is 0.408. The maximum Gasteiger partial charge on any atom is 0.410 e. The van der Waals surface area contributed by atoms with Crippen molar-refractivity contribution in [3.05, 3.63) is 113 Å². The molecule has 7 rings (SSSR count). The van der Waals surface area contributed by atoms with E-state index in [-0.39, 0.29) is 19.8 Å². The quantitative estimate of drug-likeness (QED) is 0.0680. The molecular formula is C49H58N4O8. The molecule has 2 aromatic heterocycles. The summed E-state index contributed by atoms with van der Waals surface area (Å²) in [6.45, 7) is 10.1. The molecule has 0 atom stereocenters. The van der Waals surface area contributed by atoms with Gasteiger partial charge in [0.15, 0.2) is 0 Å². The molecule has 1 aliphatic rings. The summed E-state index contributed by atoms with van der Waals surface area (Å²) in [6.07, 6.45) is 3.27. The van der Waals surface area contributed by atoms with E-state index in [2.05, 4.69) is 40.5 Å². The van der Waals surface area contributed by atoms with Crippen molar-refractivity contribution in [1.29, 1.82) is 0 Å². The van der Waals surface area contributed by atoms with E-state index in [1.807, 2.05) is 79.9 Å². The SMILES string of the molecule is CCOC(=O)c1c(CCCOc2cccc3ccccc23)c2cccc(-c3c(CO)n[nH]c3COc3ccc(C4CCOCC4)cc3)c2n1CCCN(C)C(=O)OC(C)(C)C. The molecule has 0 aliphatic carbocycles. The molecule has 1 amide bonds. The van der Waals surface area contributed by atoms with Gasteiger partial charge >= 0.3 is 12.1 Å². The van der Waals surface area contributed by atoms with Crippen molar-refractivity contribution in [3.8, 4) is 22.6 Å². The van der Waals surface area contributed by atoms with Crippen molar-refractivity contribution in [2.75, 3.05) is 40.0 Å². The van der Waals surface area contributed by atoms with Crippen LogP contribution in [0.3, 0.4) is 0 Å². The molecule has 1 aliphatic heterocycles. The van der Waals surface area contributed by atoms with Crippen molar-refractivity contribution < 1.29 is 38.4 Å². The molecule has 61 heavy (non-hydrogen) atoms. The number of hydrogen-bond donors (Lipinski definition) is 2. The summed E-state index contributed by atoms with van der Waals surface area (Å²) in [5.41, 5.74) is 5.37. The number of esters is 1. The molecule has 12 heteroatoms. The molecule has 0 spiro atoms. The number of aromatic amines is 1. The van der Waals surface area contributed by atoms with Gasteiger partial charge in [-0.25, -0.2) is 9.59 Å². The zero-order valence-electron chi connectivity index (χ0n) is 36.0. The highest BCUT2D eigenvalue weighted by Gasteiger charge is 2.28. The van der Waals surface area contributed by atoms with Crippen LogP contribution in [0.2, 0.25) is 0 Å². The first-order valence-corrected chi connectivity index (χ1v) is 21.4. The Morgan fingerprint density at radius 3 is 2.43 bits per heavy atom. The third-order valence-electron chi connectivity index (χ3n) is 11.1. The van der Waals surface area contributed by atoms with Gasteiger partial charge in [-0.05, 0) is 100 Å².